The number of amides is 2. The number of nitrogens with zero attached hydrogens (tertiary/aromatic N) is 1. The van der Waals surface area contributed by atoms with Gasteiger partial charge in [0, 0.05) is 12.1 Å². The molecule has 0 unspecified atom stereocenters. The second kappa shape index (κ2) is 7.85. The smallest absolute Gasteiger partial charge is 0.319 e. The van der Waals surface area contributed by atoms with Gasteiger partial charge in [-0.15, -0.1) is 11.3 Å². The Morgan fingerprint density at radius 1 is 1.12 bits per heavy atom. The molecule has 0 spiro atoms. The first-order valence-corrected chi connectivity index (χ1v) is 9.58. The molecule has 0 bridgehead atoms. The monoisotopic (exact) mass is 369 g/mol. The average molecular weight is 369 g/mol. The fourth-order valence-electron chi connectivity index (χ4n) is 2.68. The lowest BCUT2D eigenvalue weighted by atomic mass is 9.98. The van der Waals surface area contributed by atoms with Gasteiger partial charge in [-0.05, 0) is 37.1 Å². The average Bonchev–Trinajstić information content (AvgIpc) is 3.10. The number of benzene rings is 2. The zero-order chi connectivity index (χ0) is 18.6. The van der Waals surface area contributed by atoms with Crippen LogP contribution in [-0.4, -0.2) is 28.3 Å². The summed E-state index contributed by atoms with van der Waals surface area (Å²) < 4.78 is 1.11. The van der Waals surface area contributed by atoms with E-state index in [0.717, 1.165) is 20.8 Å². The first-order chi connectivity index (χ1) is 12.5. The maximum absolute atomic E-state index is 12.3. The van der Waals surface area contributed by atoms with Crippen LogP contribution in [0.25, 0.3) is 20.8 Å². The minimum atomic E-state index is -0.871. The largest absolute Gasteiger partial charge is 0.388 e. The van der Waals surface area contributed by atoms with Gasteiger partial charge in [-0.2, -0.15) is 0 Å². The van der Waals surface area contributed by atoms with Gasteiger partial charge in [-0.1, -0.05) is 38.1 Å². The second-order valence-corrected chi connectivity index (χ2v) is 7.30. The topological polar surface area (TPSA) is 74.2 Å². The molecule has 0 aliphatic rings. The highest BCUT2D eigenvalue weighted by Crippen LogP contribution is 2.34. The molecule has 0 radical (unpaired) electrons. The molecule has 1 aromatic heterocycles. The number of carbonyl (C=O) groups is 1. The summed E-state index contributed by atoms with van der Waals surface area (Å²) in [4.78, 5) is 17.0. The van der Waals surface area contributed by atoms with E-state index in [4.69, 9.17) is 0 Å². The Morgan fingerprint density at radius 3 is 2.54 bits per heavy atom. The number of hydrogen-bond acceptors (Lipinski definition) is 4. The van der Waals surface area contributed by atoms with E-state index in [-0.39, 0.29) is 12.6 Å². The van der Waals surface area contributed by atoms with Gasteiger partial charge < -0.3 is 15.7 Å². The van der Waals surface area contributed by atoms with Crippen molar-refractivity contribution in [3.63, 3.8) is 0 Å². The molecule has 26 heavy (non-hydrogen) atoms. The van der Waals surface area contributed by atoms with Gasteiger partial charge in [0.2, 0.25) is 0 Å². The lowest BCUT2D eigenvalue weighted by molar-refractivity contribution is 0.0354. The van der Waals surface area contributed by atoms with Gasteiger partial charge in [0.05, 0.1) is 21.5 Å². The summed E-state index contributed by atoms with van der Waals surface area (Å²) in [6, 6.07) is 15.2. The minimum absolute atomic E-state index is 0.217. The molecule has 3 aromatic rings. The number of carbonyl (C=O) groups excluding carboxylic acids is 1. The van der Waals surface area contributed by atoms with Crippen molar-refractivity contribution in [2.45, 2.75) is 32.3 Å². The summed E-state index contributed by atoms with van der Waals surface area (Å²) in [6.45, 7) is 4.03. The summed E-state index contributed by atoms with van der Waals surface area (Å²) in [6.07, 6.45) is 1.18. The lowest BCUT2D eigenvalue weighted by Crippen LogP contribution is -2.43. The SMILES string of the molecule is CCC(O)(CC)CNC(=O)Nc1ccccc1-c1nc2ccccc2s1. The highest BCUT2D eigenvalue weighted by molar-refractivity contribution is 7.21. The number of anilines is 1. The lowest BCUT2D eigenvalue weighted by Gasteiger charge is -2.25. The van der Waals surface area contributed by atoms with Gasteiger partial charge >= 0.3 is 6.03 Å². The van der Waals surface area contributed by atoms with Gasteiger partial charge in [0.1, 0.15) is 5.01 Å². The van der Waals surface area contributed by atoms with Crippen LogP contribution in [0, 0.1) is 0 Å². The molecular formula is C20H23N3O2S. The zero-order valence-electron chi connectivity index (χ0n) is 15.0. The molecule has 1 heterocycles. The standard InChI is InChI=1S/C20H23N3O2S/c1-3-20(25,4-2)13-21-19(24)23-15-10-6-5-9-14(15)18-22-16-11-7-8-12-17(16)26-18/h5-12,25H,3-4,13H2,1-2H3,(H2,21,23,24). The number of rotatable bonds is 6. The fraction of sp³-hybridized carbons (Fsp3) is 0.300. The van der Waals surface area contributed by atoms with Crippen LogP contribution in [0.2, 0.25) is 0 Å². The zero-order valence-corrected chi connectivity index (χ0v) is 15.8. The van der Waals surface area contributed by atoms with Crippen LogP contribution in [0.1, 0.15) is 26.7 Å². The van der Waals surface area contributed by atoms with E-state index < -0.39 is 5.60 Å². The van der Waals surface area contributed by atoms with Crippen LogP contribution >= 0.6 is 11.3 Å². The van der Waals surface area contributed by atoms with E-state index in [9.17, 15) is 9.90 Å². The van der Waals surface area contributed by atoms with E-state index >= 15 is 0 Å². The Kier molecular flexibility index (Phi) is 5.54. The Balaban J connectivity index is 1.78. The summed E-state index contributed by atoms with van der Waals surface area (Å²) in [5, 5.41) is 16.8. The first-order valence-electron chi connectivity index (χ1n) is 8.77. The van der Waals surface area contributed by atoms with E-state index in [1.165, 1.54) is 0 Å². The van der Waals surface area contributed by atoms with Crippen molar-refractivity contribution >= 4 is 33.3 Å². The summed E-state index contributed by atoms with van der Waals surface area (Å²) in [5.74, 6) is 0. The molecule has 5 nitrogen and oxygen atoms in total. The number of para-hydroxylation sites is 2. The van der Waals surface area contributed by atoms with Crippen LogP contribution in [-0.2, 0) is 0 Å². The molecule has 2 amide bonds. The number of aliphatic hydroxyl groups is 1. The van der Waals surface area contributed by atoms with Crippen molar-refractivity contribution < 1.29 is 9.90 Å². The van der Waals surface area contributed by atoms with E-state index in [2.05, 4.69) is 15.6 Å². The number of urea groups is 1. The highest BCUT2D eigenvalue weighted by Gasteiger charge is 2.23. The molecule has 3 N–H and O–H groups in total. The summed E-state index contributed by atoms with van der Waals surface area (Å²) in [5.41, 5.74) is 1.65. The molecule has 3 rings (SSSR count). The molecule has 0 atom stereocenters. The molecule has 6 heteroatoms. The molecule has 0 saturated carbocycles. The third-order valence-electron chi connectivity index (χ3n) is 4.59. The number of nitrogens with one attached hydrogen (secondary N) is 2. The van der Waals surface area contributed by atoms with Gasteiger partial charge in [-0.25, -0.2) is 9.78 Å². The predicted octanol–water partition coefficient (Wildman–Crippen LogP) is 4.64. The number of fused-ring (bicyclic) bond motifs is 1. The quantitative estimate of drug-likeness (QED) is 0.593. The molecule has 2 aromatic carbocycles. The Morgan fingerprint density at radius 2 is 1.81 bits per heavy atom. The van der Waals surface area contributed by atoms with E-state index in [1.807, 2.05) is 62.4 Å². The Labute approximate surface area is 157 Å². The molecule has 0 aliphatic heterocycles. The van der Waals surface area contributed by atoms with E-state index in [1.54, 1.807) is 11.3 Å². The Bertz CT molecular complexity index is 870. The fourth-order valence-corrected chi connectivity index (χ4v) is 3.68. The molecule has 0 fully saturated rings. The molecule has 0 saturated heterocycles. The third-order valence-corrected chi connectivity index (χ3v) is 5.66. The van der Waals surface area contributed by atoms with Crippen molar-refractivity contribution in [2.75, 3.05) is 11.9 Å². The number of aromatic nitrogens is 1. The van der Waals surface area contributed by atoms with Crippen LogP contribution in [0.4, 0.5) is 10.5 Å². The normalized spacial score (nSPS) is 11.5. The van der Waals surface area contributed by atoms with Crippen molar-refractivity contribution in [3.05, 3.63) is 48.5 Å². The molecule has 136 valence electrons. The van der Waals surface area contributed by atoms with Crippen molar-refractivity contribution in [1.29, 1.82) is 0 Å². The predicted molar refractivity (Wildman–Crippen MR) is 108 cm³/mol. The van der Waals surface area contributed by atoms with E-state index in [0.29, 0.717) is 18.5 Å². The first kappa shape index (κ1) is 18.4. The highest BCUT2D eigenvalue weighted by atomic mass is 32.1. The third kappa shape index (κ3) is 4.03. The van der Waals surface area contributed by atoms with Gasteiger partial charge in [0.25, 0.3) is 0 Å². The second-order valence-electron chi connectivity index (χ2n) is 6.27. The Hall–Kier alpha value is -2.44. The summed E-state index contributed by atoms with van der Waals surface area (Å²) >= 11 is 1.59. The van der Waals surface area contributed by atoms with Crippen molar-refractivity contribution in [3.8, 4) is 10.6 Å². The molecule has 0 aliphatic carbocycles. The maximum Gasteiger partial charge on any atom is 0.319 e. The van der Waals surface area contributed by atoms with Crippen LogP contribution in [0.15, 0.2) is 48.5 Å². The minimum Gasteiger partial charge on any atom is -0.388 e. The number of thiazole rings is 1. The van der Waals surface area contributed by atoms with Crippen LogP contribution in [0.5, 0.6) is 0 Å². The number of hydrogen-bond donors (Lipinski definition) is 3. The van der Waals surface area contributed by atoms with Gasteiger partial charge in [-0.3, -0.25) is 0 Å². The van der Waals surface area contributed by atoms with Crippen molar-refractivity contribution in [1.82, 2.24) is 10.3 Å². The van der Waals surface area contributed by atoms with Crippen LogP contribution < -0.4 is 10.6 Å². The van der Waals surface area contributed by atoms with Gasteiger partial charge in [0.15, 0.2) is 0 Å². The summed E-state index contributed by atoms with van der Waals surface area (Å²) in [7, 11) is 0. The van der Waals surface area contributed by atoms with Crippen LogP contribution in [0.3, 0.4) is 0 Å². The molecular weight excluding hydrogens is 346 g/mol. The maximum atomic E-state index is 12.3. The van der Waals surface area contributed by atoms with Crippen molar-refractivity contribution in [2.24, 2.45) is 0 Å².